The van der Waals surface area contributed by atoms with Gasteiger partial charge in [0.25, 0.3) is 0 Å². The minimum atomic E-state index is -3.20. The normalized spacial score (nSPS) is 18.5. The Bertz CT molecular complexity index is 577. The summed E-state index contributed by atoms with van der Waals surface area (Å²) in [7, 11) is -1.50. The van der Waals surface area contributed by atoms with Crippen molar-refractivity contribution in [2.24, 2.45) is 5.92 Å². The minimum absolute atomic E-state index is 0.0222. The van der Waals surface area contributed by atoms with Crippen molar-refractivity contribution in [2.45, 2.75) is 52.2 Å². The fraction of sp³-hybridized carbons (Fsp3) is 0.875. The Morgan fingerprint density at radius 1 is 1.28 bits per heavy atom. The number of likely N-dealkylation sites (N-methyl/N-ethyl adjacent to an activating group) is 1. The molecule has 1 fully saturated rings. The predicted molar refractivity (Wildman–Crippen MR) is 95.6 cm³/mol. The van der Waals surface area contributed by atoms with E-state index in [4.69, 9.17) is 4.74 Å². The molecule has 1 aliphatic heterocycles. The van der Waals surface area contributed by atoms with Gasteiger partial charge < -0.3 is 15.0 Å². The van der Waals surface area contributed by atoms with Gasteiger partial charge in [0.05, 0.1) is 6.26 Å². The molecule has 0 aromatic rings. The van der Waals surface area contributed by atoms with Gasteiger partial charge in [-0.2, -0.15) is 0 Å². The first-order chi connectivity index (χ1) is 11.3. The van der Waals surface area contributed by atoms with Crippen molar-refractivity contribution in [1.82, 2.24) is 14.5 Å². The van der Waals surface area contributed by atoms with Crippen LogP contribution in [-0.4, -0.2) is 74.2 Å². The van der Waals surface area contributed by atoms with Crippen LogP contribution < -0.4 is 5.32 Å². The van der Waals surface area contributed by atoms with Crippen LogP contribution in [0.25, 0.3) is 0 Å². The number of carbonyl (C=O) groups excluding carboxylic acids is 2. The minimum Gasteiger partial charge on any atom is -0.444 e. The number of piperidine rings is 1. The molecule has 1 N–H and O–H groups in total. The van der Waals surface area contributed by atoms with Gasteiger partial charge in [0.1, 0.15) is 5.60 Å². The number of carbonyl (C=O) groups is 2. The van der Waals surface area contributed by atoms with E-state index in [0.717, 1.165) is 0 Å². The van der Waals surface area contributed by atoms with Crippen LogP contribution in [0.3, 0.4) is 0 Å². The smallest absolute Gasteiger partial charge is 0.407 e. The SMILES string of the molecule is C[C@H](CN(C)C(=O)C1CCN(S(C)(=O)=O)CC1)NC(=O)OC(C)(C)C. The standard InChI is InChI=1S/C16H31N3O5S/c1-12(17-15(21)24-16(2,3)4)11-18(5)14(20)13-7-9-19(10-8-13)25(6,22)23/h12-13H,7-11H2,1-6H3,(H,17,21)/t12-/m1/s1. The monoisotopic (exact) mass is 377 g/mol. The third kappa shape index (κ3) is 7.60. The van der Waals surface area contributed by atoms with E-state index in [0.29, 0.717) is 32.5 Å². The van der Waals surface area contributed by atoms with Crippen molar-refractivity contribution >= 4 is 22.0 Å². The largest absolute Gasteiger partial charge is 0.444 e. The lowest BCUT2D eigenvalue weighted by atomic mass is 9.96. The average Bonchev–Trinajstić information content (AvgIpc) is 2.43. The first-order valence-electron chi connectivity index (χ1n) is 8.49. The van der Waals surface area contributed by atoms with Gasteiger partial charge in [0.15, 0.2) is 0 Å². The first-order valence-corrected chi connectivity index (χ1v) is 10.3. The number of alkyl carbamates (subject to hydrolysis) is 1. The molecule has 0 saturated carbocycles. The third-order valence-corrected chi connectivity index (χ3v) is 5.26. The van der Waals surface area contributed by atoms with Crippen molar-refractivity contribution in [3.05, 3.63) is 0 Å². The summed E-state index contributed by atoms with van der Waals surface area (Å²) in [5.41, 5.74) is -0.570. The molecule has 146 valence electrons. The number of hydrogen-bond donors (Lipinski definition) is 1. The molecular weight excluding hydrogens is 346 g/mol. The molecule has 9 heteroatoms. The van der Waals surface area contributed by atoms with Gasteiger partial charge in [0.2, 0.25) is 15.9 Å². The predicted octanol–water partition coefficient (Wildman–Crippen LogP) is 1.03. The van der Waals surface area contributed by atoms with Crippen LogP contribution in [0.5, 0.6) is 0 Å². The highest BCUT2D eigenvalue weighted by molar-refractivity contribution is 7.88. The summed E-state index contributed by atoms with van der Waals surface area (Å²) in [6, 6.07) is -0.250. The van der Waals surface area contributed by atoms with Gasteiger partial charge in [-0.25, -0.2) is 17.5 Å². The van der Waals surface area contributed by atoms with E-state index in [-0.39, 0.29) is 17.9 Å². The molecule has 1 rings (SSSR count). The maximum absolute atomic E-state index is 12.5. The number of nitrogens with zero attached hydrogens (tertiary/aromatic N) is 2. The van der Waals surface area contributed by atoms with Crippen LogP contribution in [0.2, 0.25) is 0 Å². The molecule has 2 amide bonds. The molecule has 1 saturated heterocycles. The summed E-state index contributed by atoms with van der Waals surface area (Å²) in [6.07, 6.45) is 1.71. The average molecular weight is 378 g/mol. The summed E-state index contributed by atoms with van der Waals surface area (Å²) < 4.78 is 29.6. The molecule has 0 bridgehead atoms. The summed E-state index contributed by atoms with van der Waals surface area (Å²) in [4.78, 5) is 25.9. The highest BCUT2D eigenvalue weighted by atomic mass is 32.2. The maximum atomic E-state index is 12.5. The number of ether oxygens (including phenoxy) is 1. The quantitative estimate of drug-likeness (QED) is 0.772. The molecule has 0 radical (unpaired) electrons. The zero-order valence-corrected chi connectivity index (χ0v) is 16.9. The summed E-state index contributed by atoms with van der Waals surface area (Å²) in [5.74, 6) is -0.206. The molecule has 0 spiro atoms. The zero-order chi connectivity index (χ0) is 19.4. The number of rotatable bonds is 5. The molecule has 0 aromatic heterocycles. The van der Waals surface area contributed by atoms with Crippen LogP contribution in [0, 0.1) is 5.92 Å². The molecule has 1 aliphatic rings. The third-order valence-electron chi connectivity index (χ3n) is 3.96. The lowest BCUT2D eigenvalue weighted by Crippen LogP contribution is -2.47. The van der Waals surface area contributed by atoms with Crippen LogP contribution in [0.15, 0.2) is 0 Å². The summed E-state index contributed by atoms with van der Waals surface area (Å²) >= 11 is 0. The molecule has 0 aliphatic carbocycles. The van der Waals surface area contributed by atoms with E-state index in [1.54, 1.807) is 39.6 Å². The molecular formula is C16H31N3O5S. The summed E-state index contributed by atoms with van der Waals surface area (Å²) in [6.45, 7) is 8.27. The molecule has 8 nitrogen and oxygen atoms in total. The highest BCUT2D eigenvalue weighted by Crippen LogP contribution is 2.21. The maximum Gasteiger partial charge on any atom is 0.407 e. The van der Waals surface area contributed by atoms with E-state index in [2.05, 4.69) is 5.32 Å². The molecule has 0 aromatic carbocycles. The lowest BCUT2D eigenvalue weighted by Gasteiger charge is -2.32. The zero-order valence-electron chi connectivity index (χ0n) is 16.0. The first kappa shape index (κ1) is 21.7. The second-order valence-electron chi connectivity index (χ2n) is 7.70. The van der Waals surface area contributed by atoms with Gasteiger partial charge in [-0.15, -0.1) is 0 Å². The van der Waals surface area contributed by atoms with Crippen molar-refractivity contribution in [1.29, 1.82) is 0 Å². The van der Waals surface area contributed by atoms with E-state index < -0.39 is 21.7 Å². The lowest BCUT2D eigenvalue weighted by molar-refractivity contribution is -0.135. The van der Waals surface area contributed by atoms with Crippen molar-refractivity contribution in [3.63, 3.8) is 0 Å². The number of hydrogen-bond acceptors (Lipinski definition) is 5. The second-order valence-corrected chi connectivity index (χ2v) is 9.68. The van der Waals surface area contributed by atoms with E-state index in [1.807, 2.05) is 0 Å². The second kappa shape index (κ2) is 8.35. The highest BCUT2D eigenvalue weighted by Gasteiger charge is 2.31. The Kier molecular flexibility index (Phi) is 7.25. The van der Waals surface area contributed by atoms with Crippen LogP contribution in [0.4, 0.5) is 4.79 Å². The Morgan fingerprint density at radius 2 is 1.80 bits per heavy atom. The Morgan fingerprint density at radius 3 is 2.24 bits per heavy atom. The van der Waals surface area contributed by atoms with E-state index in [1.165, 1.54) is 10.6 Å². The van der Waals surface area contributed by atoms with Crippen molar-refractivity contribution in [2.75, 3.05) is 32.9 Å². The van der Waals surface area contributed by atoms with Crippen molar-refractivity contribution in [3.8, 4) is 0 Å². The van der Waals surface area contributed by atoms with E-state index in [9.17, 15) is 18.0 Å². The van der Waals surface area contributed by atoms with Crippen LogP contribution in [-0.2, 0) is 19.6 Å². The number of nitrogens with one attached hydrogen (secondary N) is 1. The van der Waals surface area contributed by atoms with Crippen LogP contribution in [0.1, 0.15) is 40.5 Å². The van der Waals surface area contributed by atoms with Gasteiger partial charge in [0, 0.05) is 38.6 Å². The fourth-order valence-electron chi connectivity index (χ4n) is 2.80. The topological polar surface area (TPSA) is 96.0 Å². The Balaban J connectivity index is 2.45. The van der Waals surface area contributed by atoms with Gasteiger partial charge in [-0.3, -0.25) is 4.79 Å². The Labute approximate surface area is 150 Å². The molecule has 1 atom stereocenters. The summed E-state index contributed by atoms with van der Waals surface area (Å²) in [5, 5.41) is 2.71. The molecule has 1 heterocycles. The van der Waals surface area contributed by atoms with Gasteiger partial charge in [-0.1, -0.05) is 0 Å². The van der Waals surface area contributed by atoms with Crippen LogP contribution >= 0.6 is 0 Å². The Hall–Kier alpha value is -1.35. The van der Waals surface area contributed by atoms with Gasteiger partial charge >= 0.3 is 6.09 Å². The fourth-order valence-corrected chi connectivity index (χ4v) is 3.68. The molecule has 25 heavy (non-hydrogen) atoms. The number of sulfonamides is 1. The van der Waals surface area contributed by atoms with Crippen molar-refractivity contribution < 1.29 is 22.7 Å². The molecule has 0 unspecified atom stereocenters. The number of amides is 2. The van der Waals surface area contributed by atoms with Gasteiger partial charge in [-0.05, 0) is 40.5 Å². The van der Waals surface area contributed by atoms with E-state index >= 15 is 0 Å².